The zero-order valence-corrected chi connectivity index (χ0v) is 33.4. The molecule has 3 aromatic carbocycles. The highest BCUT2D eigenvalue weighted by atomic mass is 32.5. The van der Waals surface area contributed by atoms with Crippen LogP contribution in [0.1, 0.15) is 37.3 Å². The van der Waals surface area contributed by atoms with E-state index in [0.717, 1.165) is 16.7 Å². The Morgan fingerprint density at radius 2 is 1.49 bits per heavy atom. The minimum absolute atomic E-state index is 0.0490. The molecule has 55 heavy (non-hydrogen) atoms. The number of hydrogen-bond donors (Lipinski definition) is 1. The van der Waals surface area contributed by atoms with Crippen molar-refractivity contribution in [1.29, 1.82) is 0 Å². The second kappa shape index (κ2) is 21.4. The van der Waals surface area contributed by atoms with Gasteiger partial charge in [-0.25, -0.2) is 15.0 Å². The van der Waals surface area contributed by atoms with E-state index in [4.69, 9.17) is 57.0 Å². The Morgan fingerprint density at radius 1 is 0.909 bits per heavy atom. The molecule has 14 nitrogen and oxygen atoms in total. The van der Waals surface area contributed by atoms with Gasteiger partial charge in [-0.3, -0.25) is 9.59 Å². The maximum Gasteiger partial charge on any atom is 0.327 e. The lowest BCUT2D eigenvalue weighted by molar-refractivity contribution is -0.153. The summed E-state index contributed by atoms with van der Waals surface area (Å²) in [7, 11) is 0.797. The third-order valence-electron chi connectivity index (χ3n) is 8.51. The van der Waals surface area contributed by atoms with E-state index in [1.165, 1.54) is 7.05 Å². The molecule has 4 rings (SSSR count). The quantitative estimate of drug-likeness (QED) is 0.0456. The fourth-order valence-corrected chi connectivity index (χ4v) is 8.41. The van der Waals surface area contributed by atoms with Gasteiger partial charge in [0.1, 0.15) is 35.9 Å². The van der Waals surface area contributed by atoms with E-state index in [9.17, 15) is 18.0 Å². The Morgan fingerprint density at radius 3 is 2.07 bits per heavy atom. The van der Waals surface area contributed by atoms with Gasteiger partial charge >= 0.3 is 12.7 Å². The molecule has 2 unspecified atom stereocenters. The van der Waals surface area contributed by atoms with E-state index in [2.05, 4.69) is 10.2 Å². The summed E-state index contributed by atoms with van der Waals surface area (Å²) in [5.74, 6) is -0.501. The van der Waals surface area contributed by atoms with E-state index in [0.29, 0.717) is 11.5 Å². The molecular formula is C38H47N2O12PS2. The number of carbonyl (C=O) groups is 2. The molecule has 17 heteroatoms. The lowest BCUT2D eigenvalue weighted by Crippen LogP contribution is -2.35. The van der Waals surface area contributed by atoms with Crippen molar-refractivity contribution >= 4 is 40.2 Å². The van der Waals surface area contributed by atoms with Gasteiger partial charge in [0.2, 0.25) is 12.5 Å². The van der Waals surface area contributed by atoms with Crippen molar-refractivity contribution in [1.82, 2.24) is 5.32 Å². The highest BCUT2D eigenvalue weighted by Crippen LogP contribution is 2.50. The number of sulfone groups is 1. The van der Waals surface area contributed by atoms with E-state index in [1.54, 1.807) is 14.2 Å². The predicted octanol–water partition coefficient (Wildman–Crippen LogP) is 4.85. The van der Waals surface area contributed by atoms with Crippen LogP contribution in [0.3, 0.4) is 0 Å². The summed E-state index contributed by atoms with van der Waals surface area (Å²) >= 11 is 5.56. The second-order valence-electron chi connectivity index (χ2n) is 12.1. The Bertz CT molecular complexity index is 1870. The Kier molecular flexibility index (Phi) is 16.4. The topological polar surface area (TPSA) is 159 Å². The van der Waals surface area contributed by atoms with Crippen LogP contribution in [0.25, 0.3) is 4.85 Å². The summed E-state index contributed by atoms with van der Waals surface area (Å²) in [5.41, 5.74) is 1.05. The molecule has 298 valence electrons. The zero-order valence-electron chi connectivity index (χ0n) is 31.9. The highest BCUT2D eigenvalue weighted by Gasteiger charge is 2.39. The monoisotopic (exact) mass is 820 g/mol. The first-order valence-electron chi connectivity index (χ1n) is 18.0. The molecule has 0 spiro atoms. The number of carbonyl (C=O) groups excluding carboxylic acids is 2. The van der Waals surface area contributed by atoms with E-state index < -0.39 is 52.7 Å². The van der Waals surface area contributed by atoms with Gasteiger partial charge in [-0.05, 0) is 52.8 Å². The van der Waals surface area contributed by atoms with Crippen molar-refractivity contribution in [3.05, 3.63) is 107 Å². The fraction of sp³-hybridized carbons (Fsp3) is 0.447. The molecule has 1 saturated heterocycles. The SMILES string of the molecule is [3H]C1C[C@H](OC(=O)CCC(=O)NC)[C@@H](COP(=S)(OCC[N+]#[C-])OCCS(=O)(=O)CCOC(c2ccccc2)(c2ccc(OC)cc2)c2ccc(OC)cc2)O1. The van der Waals surface area contributed by atoms with Gasteiger partial charge in [0.15, 0.2) is 9.84 Å². The molecule has 4 atom stereocenters. The van der Waals surface area contributed by atoms with Crippen molar-refractivity contribution in [3.8, 4) is 11.5 Å². The third kappa shape index (κ3) is 12.8. The van der Waals surface area contributed by atoms with Crippen LogP contribution in [0.2, 0.25) is 0 Å². The first kappa shape index (κ1) is 42.2. The average molecular weight is 821 g/mol. The Labute approximate surface area is 329 Å². The summed E-state index contributed by atoms with van der Waals surface area (Å²) in [4.78, 5) is 27.1. The molecule has 0 aromatic heterocycles. The minimum atomic E-state index is -3.81. The van der Waals surface area contributed by atoms with Crippen LogP contribution in [0.5, 0.6) is 11.5 Å². The van der Waals surface area contributed by atoms with Crippen LogP contribution in [0.4, 0.5) is 0 Å². The number of ether oxygens (including phenoxy) is 5. The van der Waals surface area contributed by atoms with Gasteiger partial charge in [-0.15, -0.1) is 0 Å². The van der Waals surface area contributed by atoms with Crippen molar-refractivity contribution in [2.45, 2.75) is 37.1 Å². The number of rotatable bonds is 23. The van der Waals surface area contributed by atoms with Gasteiger partial charge in [0, 0.05) is 19.9 Å². The smallest absolute Gasteiger partial charge is 0.327 e. The average Bonchev–Trinajstić information content (AvgIpc) is 3.56. The number of amides is 1. The van der Waals surface area contributed by atoms with Crippen LogP contribution >= 0.6 is 6.72 Å². The van der Waals surface area contributed by atoms with Gasteiger partial charge in [-0.1, -0.05) is 54.6 Å². The standard InChI is InChI=1S/C38H47N2O12PS2/c1-39-21-23-49-53(54,51-28-35-34(20-22-47-35)52-37(42)19-18-36(41)40-2)50-25-27-55(43,44)26-24-48-38(29-8-6-5-7-9-29,30-10-14-32(45-3)15-11-30)31-12-16-33(46-4)17-13-31/h5-17,34-35H,18-28H2,2-4H3,(H,40,41)/t34-,35+,53?/m0/s1/i22T/t22?,34-,35+,53?. The number of hydrogen-bond acceptors (Lipinski definition) is 13. The molecule has 1 N–H and O–H groups in total. The number of esters is 1. The predicted molar refractivity (Wildman–Crippen MR) is 208 cm³/mol. The zero-order chi connectivity index (χ0) is 40.6. The molecule has 0 radical (unpaired) electrons. The lowest BCUT2D eigenvalue weighted by atomic mass is 9.80. The van der Waals surface area contributed by atoms with Gasteiger partial charge < -0.3 is 47.4 Å². The second-order valence-corrected chi connectivity index (χ2v) is 17.4. The number of methoxy groups -OCH3 is 2. The third-order valence-corrected chi connectivity index (χ3v) is 12.5. The molecule has 1 aliphatic heterocycles. The summed E-state index contributed by atoms with van der Waals surface area (Å²) in [6, 6.07) is 24.2. The van der Waals surface area contributed by atoms with Crippen LogP contribution in [0.15, 0.2) is 78.9 Å². The summed E-state index contributed by atoms with van der Waals surface area (Å²) in [6.07, 6.45) is -1.93. The van der Waals surface area contributed by atoms with E-state index in [1.807, 2.05) is 78.9 Å². The Hall–Kier alpha value is -3.91. The molecule has 0 bridgehead atoms. The number of nitrogens with one attached hydrogen (secondary N) is 1. The van der Waals surface area contributed by atoms with Crippen molar-refractivity contribution < 1.29 is 56.6 Å². The fourth-order valence-electron chi connectivity index (χ4n) is 5.60. The maximum atomic E-state index is 13.5. The first-order valence-corrected chi connectivity index (χ1v) is 21.8. The van der Waals surface area contributed by atoms with Gasteiger partial charge in [0.05, 0.1) is 59.9 Å². The normalized spacial score (nSPS) is 18.4. The maximum absolute atomic E-state index is 13.5. The molecule has 3 aromatic rings. The van der Waals surface area contributed by atoms with Crippen molar-refractivity contribution in [2.24, 2.45) is 0 Å². The first-order chi connectivity index (χ1) is 26.9. The molecule has 1 heterocycles. The van der Waals surface area contributed by atoms with E-state index >= 15 is 0 Å². The van der Waals surface area contributed by atoms with Crippen LogP contribution in [-0.4, -0.2) is 105 Å². The molecule has 0 saturated carbocycles. The van der Waals surface area contributed by atoms with Crippen LogP contribution < -0.4 is 14.8 Å². The van der Waals surface area contributed by atoms with Crippen LogP contribution in [0, 0.1) is 6.57 Å². The lowest BCUT2D eigenvalue weighted by Gasteiger charge is -2.36. The molecule has 1 amide bonds. The number of benzene rings is 3. The van der Waals surface area contributed by atoms with Gasteiger partial charge in [0.25, 0.3) is 0 Å². The summed E-state index contributed by atoms with van der Waals surface area (Å²) in [5, 5.41) is 2.43. The molecular weight excluding hydrogens is 772 g/mol. The number of nitrogens with zero attached hydrogens (tertiary/aromatic N) is 1. The largest absolute Gasteiger partial charge is 0.497 e. The Balaban J connectivity index is 1.44. The highest BCUT2D eigenvalue weighted by molar-refractivity contribution is 8.07. The van der Waals surface area contributed by atoms with Crippen LogP contribution in [-0.2, 0) is 64.6 Å². The van der Waals surface area contributed by atoms with Gasteiger partial charge in [-0.2, -0.15) is 0 Å². The molecule has 1 aliphatic rings. The van der Waals surface area contributed by atoms with E-state index in [-0.39, 0.29) is 63.9 Å². The summed E-state index contributed by atoms with van der Waals surface area (Å²) in [6.45, 7) is 1.37. The molecule has 0 aliphatic carbocycles. The molecule has 1 fully saturated rings. The summed E-state index contributed by atoms with van der Waals surface area (Å²) < 4.78 is 80.7. The van der Waals surface area contributed by atoms with Crippen molar-refractivity contribution in [2.75, 3.05) is 72.3 Å². The van der Waals surface area contributed by atoms with Crippen molar-refractivity contribution in [3.63, 3.8) is 0 Å². The minimum Gasteiger partial charge on any atom is -0.497 e.